The Labute approximate surface area is 130 Å². The van der Waals surface area contributed by atoms with E-state index in [1.54, 1.807) is 12.1 Å². The van der Waals surface area contributed by atoms with Crippen LogP contribution < -0.4 is 10.1 Å². The summed E-state index contributed by atoms with van der Waals surface area (Å²) in [4.78, 5) is 13.7. The molecule has 2 atom stereocenters. The number of ether oxygens (including phenoxy) is 1. The van der Waals surface area contributed by atoms with Crippen molar-refractivity contribution < 1.29 is 13.9 Å². The van der Waals surface area contributed by atoms with Crippen LogP contribution in [0.4, 0.5) is 4.39 Å². The van der Waals surface area contributed by atoms with Crippen molar-refractivity contribution in [2.45, 2.75) is 44.7 Å². The molecule has 22 heavy (non-hydrogen) atoms. The summed E-state index contributed by atoms with van der Waals surface area (Å²) in [5, 5.41) is 3.61. The minimum Gasteiger partial charge on any atom is -0.493 e. The SMILES string of the molecule is CCC(=O)N1CC[C@@H](N[C@H]2CCCOc3ccc(F)cc32)C1. The molecular weight excluding hydrogens is 283 g/mol. The van der Waals surface area contributed by atoms with Gasteiger partial charge in [0.15, 0.2) is 0 Å². The Morgan fingerprint density at radius 3 is 3.14 bits per heavy atom. The summed E-state index contributed by atoms with van der Waals surface area (Å²) in [5.41, 5.74) is 0.901. The number of nitrogens with one attached hydrogen (secondary N) is 1. The molecule has 2 aliphatic heterocycles. The van der Waals surface area contributed by atoms with Gasteiger partial charge in [-0.1, -0.05) is 6.92 Å². The number of fused-ring (bicyclic) bond motifs is 1. The lowest BCUT2D eigenvalue weighted by atomic mass is 10.0. The van der Waals surface area contributed by atoms with E-state index in [4.69, 9.17) is 4.74 Å². The highest BCUT2D eigenvalue weighted by Crippen LogP contribution is 2.33. The number of halogens is 1. The van der Waals surface area contributed by atoms with Gasteiger partial charge in [-0.15, -0.1) is 0 Å². The average Bonchev–Trinajstić information content (AvgIpc) is 2.90. The topological polar surface area (TPSA) is 41.6 Å². The summed E-state index contributed by atoms with van der Waals surface area (Å²) < 4.78 is 19.3. The molecule has 1 saturated heterocycles. The van der Waals surface area contributed by atoms with Crippen molar-refractivity contribution in [1.82, 2.24) is 10.2 Å². The van der Waals surface area contributed by atoms with Gasteiger partial charge in [-0.3, -0.25) is 4.79 Å². The first-order valence-corrected chi connectivity index (χ1v) is 8.13. The molecule has 0 aliphatic carbocycles. The molecule has 2 heterocycles. The summed E-state index contributed by atoms with van der Waals surface area (Å²) >= 11 is 0. The monoisotopic (exact) mass is 306 g/mol. The van der Waals surface area contributed by atoms with Crippen LogP contribution in [0, 0.1) is 5.82 Å². The Hall–Kier alpha value is -1.62. The summed E-state index contributed by atoms with van der Waals surface area (Å²) in [6, 6.07) is 5.09. The maximum atomic E-state index is 13.6. The third-order valence-electron chi connectivity index (χ3n) is 4.52. The average molecular weight is 306 g/mol. The lowest BCUT2D eigenvalue weighted by Gasteiger charge is -2.23. The Morgan fingerprint density at radius 2 is 2.32 bits per heavy atom. The van der Waals surface area contributed by atoms with Gasteiger partial charge in [-0.25, -0.2) is 4.39 Å². The molecule has 1 aromatic carbocycles. The van der Waals surface area contributed by atoms with Crippen LogP contribution in [0.25, 0.3) is 0 Å². The lowest BCUT2D eigenvalue weighted by Crippen LogP contribution is -2.37. The van der Waals surface area contributed by atoms with Crippen LogP contribution in [0.5, 0.6) is 5.75 Å². The van der Waals surface area contributed by atoms with Crippen LogP contribution in [0.2, 0.25) is 0 Å². The normalized spacial score (nSPS) is 24.5. The fraction of sp³-hybridized carbons (Fsp3) is 0.588. The second kappa shape index (κ2) is 6.65. The van der Waals surface area contributed by atoms with Gasteiger partial charge in [-0.2, -0.15) is 0 Å². The van der Waals surface area contributed by atoms with Crippen LogP contribution in [-0.4, -0.2) is 36.5 Å². The molecule has 120 valence electrons. The van der Waals surface area contributed by atoms with Crippen LogP contribution in [0.3, 0.4) is 0 Å². The van der Waals surface area contributed by atoms with E-state index in [1.165, 1.54) is 6.07 Å². The van der Waals surface area contributed by atoms with Gasteiger partial charge >= 0.3 is 0 Å². The maximum absolute atomic E-state index is 13.6. The Bertz CT molecular complexity index is 549. The first-order chi connectivity index (χ1) is 10.7. The number of hydrogen-bond donors (Lipinski definition) is 1. The summed E-state index contributed by atoms with van der Waals surface area (Å²) in [6.45, 7) is 4.12. The van der Waals surface area contributed by atoms with E-state index in [9.17, 15) is 9.18 Å². The van der Waals surface area contributed by atoms with Crippen LogP contribution >= 0.6 is 0 Å². The Morgan fingerprint density at radius 1 is 1.45 bits per heavy atom. The van der Waals surface area contributed by atoms with E-state index in [0.717, 1.165) is 43.7 Å². The molecule has 3 rings (SSSR count). The highest BCUT2D eigenvalue weighted by Gasteiger charge is 2.29. The fourth-order valence-electron chi connectivity index (χ4n) is 3.35. The van der Waals surface area contributed by atoms with Gasteiger partial charge in [0, 0.05) is 37.2 Å². The molecule has 1 amide bonds. The van der Waals surface area contributed by atoms with Crippen LogP contribution in [-0.2, 0) is 4.79 Å². The van der Waals surface area contributed by atoms with E-state index in [-0.39, 0.29) is 23.8 Å². The summed E-state index contributed by atoms with van der Waals surface area (Å²) in [6.07, 6.45) is 3.37. The van der Waals surface area contributed by atoms with Gasteiger partial charge in [0.25, 0.3) is 0 Å². The predicted molar refractivity (Wildman–Crippen MR) is 82.3 cm³/mol. The van der Waals surface area contributed by atoms with Crippen LogP contribution in [0.15, 0.2) is 18.2 Å². The number of amides is 1. The van der Waals surface area contributed by atoms with E-state index >= 15 is 0 Å². The molecule has 0 spiro atoms. The standard InChI is InChI=1S/C17H23FN2O2/c1-2-17(21)20-8-7-13(11-20)19-15-4-3-9-22-16-6-5-12(18)10-14(15)16/h5-6,10,13,15,19H,2-4,7-9,11H2,1H3/t13-,15+/m1/s1. The number of carbonyl (C=O) groups is 1. The van der Waals surface area contributed by atoms with Crippen LogP contribution in [0.1, 0.15) is 44.2 Å². The molecular formula is C17H23FN2O2. The molecule has 4 nitrogen and oxygen atoms in total. The molecule has 2 aliphatic rings. The molecule has 0 radical (unpaired) electrons. The largest absolute Gasteiger partial charge is 0.493 e. The lowest BCUT2D eigenvalue weighted by molar-refractivity contribution is -0.129. The molecule has 0 saturated carbocycles. The molecule has 1 aromatic rings. The van der Waals surface area contributed by atoms with E-state index in [0.29, 0.717) is 13.0 Å². The number of hydrogen-bond acceptors (Lipinski definition) is 3. The zero-order chi connectivity index (χ0) is 15.5. The van der Waals surface area contributed by atoms with Crippen molar-refractivity contribution >= 4 is 5.91 Å². The molecule has 0 bridgehead atoms. The third-order valence-corrected chi connectivity index (χ3v) is 4.52. The number of benzene rings is 1. The number of likely N-dealkylation sites (tertiary alicyclic amines) is 1. The first-order valence-electron chi connectivity index (χ1n) is 8.13. The zero-order valence-electron chi connectivity index (χ0n) is 13.0. The van der Waals surface area contributed by atoms with Crippen molar-refractivity contribution in [3.05, 3.63) is 29.6 Å². The number of nitrogens with zero attached hydrogens (tertiary/aromatic N) is 1. The molecule has 1 fully saturated rings. The number of carbonyl (C=O) groups excluding carboxylic acids is 1. The minimum atomic E-state index is -0.231. The maximum Gasteiger partial charge on any atom is 0.222 e. The van der Waals surface area contributed by atoms with Crippen molar-refractivity contribution in [3.8, 4) is 5.75 Å². The minimum absolute atomic E-state index is 0.0925. The van der Waals surface area contributed by atoms with Gasteiger partial charge in [0.05, 0.1) is 6.61 Å². The van der Waals surface area contributed by atoms with Gasteiger partial charge in [-0.05, 0) is 37.5 Å². The smallest absolute Gasteiger partial charge is 0.222 e. The molecule has 5 heteroatoms. The first kappa shape index (κ1) is 15.3. The van der Waals surface area contributed by atoms with E-state index in [2.05, 4.69) is 5.32 Å². The number of rotatable bonds is 3. The van der Waals surface area contributed by atoms with E-state index < -0.39 is 0 Å². The second-order valence-electron chi connectivity index (χ2n) is 6.07. The highest BCUT2D eigenvalue weighted by atomic mass is 19.1. The predicted octanol–water partition coefficient (Wildman–Crippen LogP) is 2.64. The van der Waals surface area contributed by atoms with Crippen molar-refractivity contribution in [2.24, 2.45) is 0 Å². The molecule has 0 aromatic heterocycles. The van der Waals surface area contributed by atoms with Gasteiger partial charge < -0.3 is 15.0 Å². The molecule has 1 N–H and O–H groups in total. The Balaban J connectivity index is 1.71. The van der Waals surface area contributed by atoms with E-state index in [1.807, 2.05) is 11.8 Å². The third kappa shape index (κ3) is 3.24. The van der Waals surface area contributed by atoms with Gasteiger partial charge in [0.2, 0.25) is 5.91 Å². The van der Waals surface area contributed by atoms with Crippen molar-refractivity contribution in [3.63, 3.8) is 0 Å². The second-order valence-corrected chi connectivity index (χ2v) is 6.07. The molecule has 0 unspecified atom stereocenters. The quantitative estimate of drug-likeness (QED) is 0.933. The Kier molecular flexibility index (Phi) is 4.62. The summed E-state index contributed by atoms with van der Waals surface area (Å²) in [5.74, 6) is 0.751. The zero-order valence-corrected chi connectivity index (χ0v) is 13.0. The van der Waals surface area contributed by atoms with Crippen molar-refractivity contribution in [2.75, 3.05) is 19.7 Å². The van der Waals surface area contributed by atoms with Gasteiger partial charge in [0.1, 0.15) is 11.6 Å². The van der Waals surface area contributed by atoms with Crippen molar-refractivity contribution in [1.29, 1.82) is 0 Å². The fourth-order valence-corrected chi connectivity index (χ4v) is 3.35. The highest BCUT2D eigenvalue weighted by molar-refractivity contribution is 5.76. The summed E-state index contributed by atoms with van der Waals surface area (Å²) in [7, 11) is 0.